The van der Waals surface area contributed by atoms with Crippen molar-refractivity contribution < 1.29 is 14.3 Å². The first-order chi connectivity index (χ1) is 10.5. The van der Waals surface area contributed by atoms with Gasteiger partial charge in [-0.15, -0.1) is 0 Å². The molecule has 1 fully saturated rings. The van der Waals surface area contributed by atoms with Crippen LogP contribution < -0.4 is 5.32 Å². The van der Waals surface area contributed by atoms with E-state index in [9.17, 15) is 9.59 Å². The van der Waals surface area contributed by atoms with Crippen LogP contribution in [0.3, 0.4) is 0 Å². The van der Waals surface area contributed by atoms with Gasteiger partial charge in [-0.25, -0.2) is 9.50 Å². The minimum absolute atomic E-state index is 0.190. The van der Waals surface area contributed by atoms with E-state index >= 15 is 0 Å². The molecule has 0 aliphatic carbocycles. The maximum atomic E-state index is 12.7. The molecule has 1 saturated heterocycles. The summed E-state index contributed by atoms with van der Waals surface area (Å²) in [5, 5.41) is 6.69. The lowest BCUT2D eigenvalue weighted by atomic mass is 10.0. The van der Waals surface area contributed by atoms with Crippen molar-refractivity contribution in [3.8, 4) is 0 Å². The maximum absolute atomic E-state index is 12.7. The highest BCUT2D eigenvalue weighted by Gasteiger charge is 2.40. The third-order valence-corrected chi connectivity index (χ3v) is 3.78. The maximum Gasteiger partial charge on any atom is 0.259 e. The van der Waals surface area contributed by atoms with Gasteiger partial charge in [0.25, 0.3) is 11.8 Å². The van der Waals surface area contributed by atoms with E-state index in [0.717, 1.165) is 0 Å². The van der Waals surface area contributed by atoms with Crippen molar-refractivity contribution in [1.82, 2.24) is 24.8 Å². The Morgan fingerprint density at radius 2 is 2.27 bits per heavy atom. The summed E-state index contributed by atoms with van der Waals surface area (Å²) in [6.45, 7) is 2.60. The number of hydrogen-bond acceptors (Lipinski definition) is 5. The van der Waals surface area contributed by atoms with Gasteiger partial charge in [0.1, 0.15) is 5.56 Å². The molecule has 1 atom stereocenters. The number of aromatic nitrogens is 3. The molecular weight excluding hydrogens is 286 g/mol. The summed E-state index contributed by atoms with van der Waals surface area (Å²) in [5.41, 5.74) is -0.124. The largest absolute Gasteiger partial charge is 0.362 e. The minimum Gasteiger partial charge on any atom is -0.362 e. The Morgan fingerprint density at radius 3 is 3.05 bits per heavy atom. The average Bonchev–Trinajstić information content (AvgIpc) is 2.97. The molecule has 3 rings (SSSR count). The Hall–Kier alpha value is -2.48. The Balaban J connectivity index is 1.87. The molecule has 0 bridgehead atoms. The van der Waals surface area contributed by atoms with Gasteiger partial charge in [-0.1, -0.05) is 0 Å². The number of carbonyl (C=O) groups is 2. The van der Waals surface area contributed by atoms with Gasteiger partial charge >= 0.3 is 0 Å². The van der Waals surface area contributed by atoms with Crippen LogP contribution in [0.1, 0.15) is 17.3 Å². The third-order valence-electron chi connectivity index (χ3n) is 3.78. The fourth-order valence-electron chi connectivity index (χ4n) is 2.59. The number of morpholine rings is 1. The molecule has 2 aromatic rings. The van der Waals surface area contributed by atoms with Gasteiger partial charge in [0.2, 0.25) is 0 Å². The number of nitrogens with zero attached hydrogens (tertiary/aromatic N) is 4. The van der Waals surface area contributed by atoms with Crippen molar-refractivity contribution >= 4 is 17.5 Å². The molecule has 1 N–H and O–H groups in total. The van der Waals surface area contributed by atoms with Gasteiger partial charge in [0, 0.05) is 26.0 Å². The highest BCUT2D eigenvalue weighted by molar-refractivity contribution is 6.00. The molecule has 2 aromatic heterocycles. The zero-order valence-electron chi connectivity index (χ0n) is 12.4. The number of likely N-dealkylation sites (N-methyl/N-ethyl adjacent to an activating group) is 1. The van der Waals surface area contributed by atoms with Gasteiger partial charge < -0.3 is 15.0 Å². The van der Waals surface area contributed by atoms with Crippen molar-refractivity contribution in [2.24, 2.45) is 0 Å². The number of ether oxygens (including phenoxy) is 1. The summed E-state index contributed by atoms with van der Waals surface area (Å²) in [7, 11) is 1.55. The second-order valence-corrected chi connectivity index (χ2v) is 5.33. The van der Waals surface area contributed by atoms with Gasteiger partial charge in [-0.3, -0.25) is 9.59 Å². The van der Waals surface area contributed by atoms with Crippen molar-refractivity contribution in [2.45, 2.75) is 12.5 Å². The van der Waals surface area contributed by atoms with E-state index in [1.54, 1.807) is 41.8 Å². The SMILES string of the molecule is CNC(=O)C1(C)CN(C(=O)c2cnn3cccnc23)CCO1. The molecule has 0 radical (unpaired) electrons. The van der Waals surface area contributed by atoms with E-state index in [-0.39, 0.29) is 18.4 Å². The van der Waals surface area contributed by atoms with Crippen molar-refractivity contribution in [3.63, 3.8) is 0 Å². The Labute approximate surface area is 127 Å². The van der Waals surface area contributed by atoms with E-state index in [1.807, 2.05) is 0 Å². The Morgan fingerprint density at radius 1 is 1.45 bits per heavy atom. The number of hydrogen-bond donors (Lipinski definition) is 1. The van der Waals surface area contributed by atoms with Crippen LogP contribution >= 0.6 is 0 Å². The zero-order chi connectivity index (χ0) is 15.7. The van der Waals surface area contributed by atoms with Gasteiger partial charge in [-0.2, -0.15) is 5.10 Å². The van der Waals surface area contributed by atoms with Crippen LogP contribution in [0.15, 0.2) is 24.7 Å². The van der Waals surface area contributed by atoms with Gasteiger partial charge in [0.05, 0.1) is 19.3 Å². The number of fused-ring (bicyclic) bond motifs is 1. The van der Waals surface area contributed by atoms with Crippen molar-refractivity contribution in [2.75, 3.05) is 26.7 Å². The molecule has 2 amide bonds. The van der Waals surface area contributed by atoms with Crippen molar-refractivity contribution in [1.29, 1.82) is 0 Å². The molecule has 1 aliphatic rings. The fourth-order valence-corrected chi connectivity index (χ4v) is 2.59. The lowest BCUT2D eigenvalue weighted by molar-refractivity contribution is -0.153. The number of nitrogens with one attached hydrogen (secondary N) is 1. The third kappa shape index (κ3) is 2.31. The van der Waals surface area contributed by atoms with E-state index in [1.165, 1.54) is 6.20 Å². The first-order valence-corrected chi connectivity index (χ1v) is 6.99. The molecule has 3 heterocycles. The van der Waals surface area contributed by atoms with Gasteiger partial charge in [-0.05, 0) is 13.0 Å². The predicted octanol–water partition coefficient (Wildman–Crippen LogP) is -0.294. The van der Waals surface area contributed by atoms with Crippen LogP contribution in [0.25, 0.3) is 5.65 Å². The summed E-state index contributed by atoms with van der Waals surface area (Å²) < 4.78 is 7.11. The summed E-state index contributed by atoms with van der Waals surface area (Å²) in [4.78, 5) is 30.5. The highest BCUT2D eigenvalue weighted by atomic mass is 16.5. The van der Waals surface area contributed by atoms with E-state index in [4.69, 9.17) is 4.74 Å². The zero-order valence-corrected chi connectivity index (χ0v) is 12.4. The predicted molar refractivity (Wildman–Crippen MR) is 77.3 cm³/mol. The molecule has 8 nitrogen and oxygen atoms in total. The molecule has 116 valence electrons. The first-order valence-electron chi connectivity index (χ1n) is 6.99. The number of amides is 2. The minimum atomic E-state index is -1.04. The van der Waals surface area contributed by atoms with Crippen LogP contribution in [0, 0.1) is 0 Å². The molecule has 1 unspecified atom stereocenters. The van der Waals surface area contributed by atoms with Crippen LogP contribution in [-0.2, 0) is 9.53 Å². The molecular formula is C14H17N5O3. The standard InChI is InChI=1S/C14H17N5O3/c1-14(13(21)15-2)9-18(6-7-22-14)12(20)10-8-17-19-5-3-4-16-11(10)19/h3-5,8H,6-7,9H2,1-2H3,(H,15,21). The lowest BCUT2D eigenvalue weighted by Crippen LogP contribution is -2.58. The smallest absolute Gasteiger partial charge is 0.259 e. The second kappa shape index (κ2) is 5.38. The number of rotatable bonds is 2. The summed E-state index contributed by atoms with van der Waals surface area (Å²) in [6, 6.07) is 1.74. The molecule has 22 heavy (non-hydrogen) atoms. The monoisotopic (exact) mass is 303 g/mol. The molecule has 0 aromatic carbocycles. The van der Waals surface area contributed by atoms with Crippen LogP contribution in [-0.4, -0.2) is 63.7 Å². The van der Waals surface area contributed by atoms with E-state index in [0.29, 0.717) is 24.4 Å². The van der Waals surface area contributed by atoms with E-state index < -0.39 is 5.60 Å². The summed E-state index contributed by atoms with van der Waals surface area (Å²) >= 11 is 0. The first kappa shape index (κ1) is 14.5. The Bertz CT molecular complexity index is 728. The van der Waals surface area contributed by atoms with E-state index in [2.05, 4.69) is 15.4 Å². The van der Waals surface area contributed by atoms with Crippen molar-refractivity contribution in [3.05, 3.63) is 30.2 Å². The second-order valence-electron chi connectivity index (χ2n) is 5.33. The molecule has 1 aliphatic heterocycles. The summed E-state index contributed by atoms with van der Waals surface area (Å²) in [5.74, 6) is -0.449. The van der Waals surface area contributed by atoms with Gasteiger partial charge in [0.15, 0.2) is 11.2 Å². The van der Waals surface area contributed by atoms with Crippen LogP contribution in [0.2, 0.25) is 0 Å². The van der Waals surface area contributed by atoms with Crippen LogP contribution in [0.4, 0.5) is 0 Å². The number of carbonyl (C=O) groups excluding carboxylic acids is 2. The topological polar surface area (TPSA) is 88.8 Å². The highest BCUT2D eigenvalue weighted by Crippen LogP contribution is 2.20. The molecule has 0 spiro atoms. The average molecular weight is 303 g/mol. The Kier molecular flexibility index (Phi) is 3.53. The molecule has 8 heteroatoms. The molecule has 0 saturated carbocycles. The van der Waals surface area contributed by atoms with Crippen LogP contribution in [0.5, 0.6) is 0 Å². The fraction of sp³-hybridized carbons (Fsp3) is 0.429. The summed E-state index contributed by atoms with van der Waals surface area (Å²) in [6.07, 6.45) is 4.84. The lowest BCUT2D eigenvalue weighted by Gasteiger charge is -2.38. The normalized spacial score (nSPS) is 21.8. The quantitative estimate of drug-likeness (QED) is 0.823.